The van der Waals surface area contributed by atoms with E-state index in [9.17, 15) is 13.2 Å². The molecule has 6 nitrogen and oxygen atoms in total. The highest BCUT2D eigenvalue weighted by atomic mass is 79.9. The normalized spacial score (nSPS) is 11.9. The molecule has 0 radical (unpaired) electrons. The molecule has 1 aromatic heterocycles. The predicted molar refractivity (Wildman–Crippen MR) is 107 cm³/mol. The predicted octanol–water partition coefficient (Wildman–Crippen LogP) is 3.68. The third kappa shape index (κ3) is 3.92. The molecule has 3 aromatic rings. The summed E-state index contributed by atoms with van der Waals surface area (Å²) < 4.78 is 31.9. The molecule has 0 bridgehead atoms. The molecule has 0 unspecified atom stereocenters. The van der Waals surface area contributed by atoms with Gasteiger partial charge in [-0.2, -0.15) is 0 Å². The number of carbonyl (C=O) groups is 1. The molecule has 1 heterocycles. The Morgan fingerprint density at radius 3 is 2.44 bits per heavy atom. The lowest BCUT2D eigenvalue weighted by Gasteiger charge is -2.11. The van der Waals surface area contributed by atoms with Crippen molar-refractivity contribution < 1.29 is 17.6 Å². The van der Waals surface area contributed by atoms with Gasteiger partial charge in [0.1, 0.15) is 5.58 Å². The molecular weight excluding hydrogens is 432 g/mol. The average molecular weight is 451 g/mol. The minimum absolute atomic E-state index is 0.210. The van der Waals surface area contributed by atoms with E-state index in [-0.39, 0.29) is 23.1 Å². The van der Waals surface area contributed by atoms with Crippen molar-refractivity contribution in [3.8, 4) is 0 Å². The number of rotatable bonds is 5. The van der Waals surface area contributed by atoms with Gasteiger partial charge in [-0.15, -0.1) is 0 Å². The number of amides is 1. The van der Waals surface area contributed by atoms with Crippen molar-refractivity contribution in [2.24, 2.45) is 0 Å². The second-order valence-electron chi connectivity index (χ2n) is 6.31. The first-order valence-corrected chi connectivity index (χ1v) is 10.4. The topological polar surface area (TPSA) is 79.6 Å². The summed E-state index contributed by atoms with van der Waals surface area (Å²) in [6, 6.07) is 12.0. The zero-order valence-electron chi connectivity index (χ0n) is 15.1. The highest BCUT2D eigenvalue weighted by molar-refractivity contribution is 9.10. The van der Waals surface area contributed by atoms with Gasteiger partial charge in [0, 0.05) is 36.1 Å². The highest BCUT2D eigenvalue weighted by Crippen LogP contribution is 2.28. The number of benzene rings is 2. The quantitative estimate of drug-likeness (QED) is 0.642. The average Bonchev–Trinajstić information content (AvgIpc) is 2.96. The van der Waals surface area contributed by atoms with Gasteiger partial charge in [-0.25, -0.2) is 12.7 Å². The molecule has 0 aliphatic carbocycles. The van der Waals surface area contributed by atoms with Crippen LogP contribution in [0.2, 0.25) is 0 Å². The van der Waals surface area contributed by atoms with E-state index in [1.165, 1.54) is 26.2 Å². The summed E-state index contributed by atoms with van der Waals surface area (Å²) in [5, 5.41) is 3.69. The number of halogens is 1. The Hall–Kier alpha value is -2.16. The van der Waals surface area contributed by atoms with Crippen LogP contribution in [0.1, 0.15) is 21.7 Å². The molecule has 142 valence electrons. The molecular formula is C19H19BrN2O4S. The van der Waals surface area contributed by atoms with Crippen LogP contribution < -0.4 is 5.32 Å². The maximum absolute atomic E-state index is 12.5. The van der Waals surface area contributed by atoms with E-state index in [2.05, 4.69) is 21.2 Å². The highest BCUT2D eigenvalue weighted by Gasteiger charge is 2.19. The summed E-state index contributed by atoms with van der Waals surface area (Å²) in [4.78, 5) is 12.7. The van der Waals surface area contributed by atoms with Gasteiger partial charge in [-0.05, 0) is 42.8 Å². The second-order valence-corrected chi connectivity index (χ2v) is 9.38. The number of nitrogens with one attached hydrogen (secondary N) is 1. The molecule has 0 saturated carbocycles. The van der Waals surface area contributed by atoms with Crippen molar-refractivity contribution in [1.82, 2.24) is 9.62 Å². The molecule has 3 rings (SSSR count). The van der Waals surface area contributed by atoms with Crippen molar-refractivity contribution >= 4 is 42.8 Å². The largest absolute Gasteiger partial charge is 0.451 e. The van der Waals surface area contributed by atoms with E-state index in [1.54, 1.807) is 12.1 Å². The second kappa shape index (κ2) is 7.46. The fraction of sp³-hybridized carbons (Fsp3) is 0.211. The number of furan rings is 1. The van der Waals surface area contributed by atoms with E-state index < -0.39 is 10.0 Å². The lowest BCUT2D eigenvalue weighted by atomic mass is 10.1. The SMILES string of the molecule is Cc1c(C(=O)NCc2ccc(S(=O)(=O)N(C)C)cc2)oc2ccc(Br)cc12. The summed E-state index contributed by atoms with van der Waals surface area (Å²) in [5.41, 5.74) is 2.22. The molecule has 0 aliphatic heterocycles. The fourth-order valence-electron chi connectivity index (χ4n) is 2.66. The molecule has 0 spiro atoms. The molecule has 27 heavy (non-hydrogen) atoms. The summed E-state index contributed by atoms with van der Waals surface area (Å²) in [5.74, 6) is -0.0419. The summed E-state index contributed by atoms with van der Waals surface area (Å²) in [6.45, 7) is 2.11. The van der Waals surface area contributed by atoms with Crippen LogP contribution >= 0.6 is 15.9 Å². The monoisotopic (exact) mass is 450 g/mol. The van der Waals surface area contributed by atoms with Crippen LogP contribution in [0.3, 0.4) is 0 Å². The van der Waals surface area contributed by atoms with Crippen LogP contribution in [0, 0.1) is 6.92 Å². The molecule has 0 fully saturated rings. The first-order chi connectivity index (χ1) is 12.7. The maximum atomic E-state index is 12.5. The van der Waals surface area contributed by atoms with Crippen LogP contribution in [0.4, 0.5) is 0 Å². The van der Waals surface area contributed by atoms with Crippen LogP contribution in [-0.2, 0) is 16.6 Å². The van der Waals surface area contributed by atoms with E-state index >= 15 is 0 Å². The van der Waals surface area contributed by atoms with Crippen molar-refractivity contribution in [3.63, 3.8) is 0 Å². The number of fused-ring (bicyclic) bond motifs is 1. The van der Waals surface area contributed by atoms with Crippen LogP contribution in [0.15, 0.2) is 56.2 Å². The third-order valence-corrected chi connectivity index (χ3v) is 6.58. The van der Waals surface area contributed by atoms with Gasteiger partial charge in [-0.1, -0.05) is 28.1 Å². The summed E-state index contributed by atoms with van der Waals surface area (Å²) in [6.07, 6.45) is 0. The summed E-state index contributed by atoms with van der Waals surface area (Å²) in [7, 11) is -0.497. The lowest BCUT2D eigenvalue weighted by Crippen LogP contribution is -2.23. The van der Waals surface area contributed by atoms with Crippen molar-refractivity contribution in [1.29, 1.82) is 0 Å². The zero-order valence-corrected chi connectivity index (χ0v) is 17.5. The van der Waals surface area contributed by atoms with Crippen LogP contribution in [-0.4, -0.2) is 32.7 Å². The van der Waals surface area contributed by atoms with Crippen LogP contribution in [0.25, 0.3) is 11.0 Å². The van der Waals surface area contributed by atoms with Gasteiger partial charge in [0.05, 0.1) is 4.90 Å². The minimum Gasteiger partial charge on any atom is -0.451 e. The first kappa shape index (κ1) is 19.6. The molecule has 0 saturated heterocycles. The Balaban J connectivity index is 1.74. The number of aryl methyl sites for hydroxylation is 1. The molecule has 2 aromatic carbocycles. The Bertz CT molecular complexity index is 1100. The minimum atomic E-state index is -3.46. The number of carbonyl (C=O) groups excluding carboxylic acids is 1. The maximum Gasteiger partial charge on any atom is 0.287 e. The van der Waals surface area contributed by atoms with E-state index in [0.29, 0.717) is 5.58 Å². The van der Waals surface area contributed by atoms with Gasteiger partial charge in [-0.3, -0.25) is 4.79 Å². The van der Waals surface area contributed by atoms with Gasteiger partial charge in [0.15, 0.2) is 5.76 Å². The zero-order chi connectivity index (χ0) is 19.8. The molecule has 0 aliphatic rings. The number of sulfonamides is 1. The number of nitrogens with zero attached hydrogens (tertiary/aromatic N) is 1. The molecule has 8 heteroatoms. The van der Waals surface area contributed by atoms with E-state index in [1.807, 2.05) is 25.1 Å². The molecule has 0 atom stereocenters. The van der Waals surface area contributed by atoms with E-state index in [0.717, 1.165) is 25.3 Å². The molecule has 1 N–H and O–H groups in total. The standard InChI is InChI=1S/C19H19BrN2O4S/c1-12-16-10-14(20)6-9-17(16)26-18(12)19(23)21-11-13-4-7-15(8-5-13)27(24,25)22(2)3/h4-10H,11H2,1-3H3,(H,21,23). The van der Waals surface area contributed by atoms with Crippen molar-refractivity contribution in [2.45, 2.75) is 18.4 Å². The third-order valence-electron chi connectivity index (χ3n) is 4.26. The molecule has 1 amide bonds. The lowest BCUT2D eigenvalue weighted by molar-refractivity contribution is 0.0924. The van der Waals surface area contributed by atoms with Gasteiger partial charge >= 0.3 is 0 Å². The van der Waals surface area contributed by atoms with Gasteiger partial charge in [0.2, 0.25) is 10.0 Å². The Labute approximate surface area is 166 Å². The number of hydrogen-bond acceptors (Lipinski definition) is 4. The number of hydrogen-bond donors (Lipinski definition) is 1. The van der Waals surface area contributed by atoms with Crippen molar-refractivity contribution in [2.75, 3.05) is 14.1 Å². The Kier molecular flexibility index (Phi) is 5.41. The fourth-order valence-corrected chi connectivity index (χ4v) is 3.93. The summed E-state index contributed by atoms with van der Waals surface area (Å²) >= 11 is 3.41. The smallest absolute Gasteiger partial charge is 0.287 e. The van der Waals surface area contributed by atoms with Gasteiger partial charge < -0.3 is 9.73 Å². The Morgan fingerprint density at radius 1 is 1.15 bits per heavy atom. The van der Waals surface area contributed by atoms with Crippen LogP contribution in [0.5, 0.6) is 0 Å². The van der Waals surface area contributed by atoms with Crippen molar-refractivity contribution in [3.05, 3.63) is 63.8 Å². The Morgan fingerprint density at radius 2 is 1.81 bits per heavy atom. The van der Waals surface area contributed by atoms with E-state index in [4.69, 9.17) is 4.42 Å². The van der Waals surface area contributed by atoms with Gasteiger partial charge in [0.25, 0.3) is 5.91 Å². The first-order valence-electron chi connectivity index (χ1n) is 8.18.